The number of hydrogen-bond acceptors (Lipinski definition) is 4. The van der Waals surface area contributed by atoms with E-state index in [-0.39, 0.29) is 0 Å². The van der Waals surface area contributed by atoms with Crippen LogP contribution in [0.3, 0.4) is 0 Å². The van der Waals surface area contributed by atoms with Gasteiger partial charge in [-0.25, -0.2) is 9.97 Å². The van der Waals surface area contributed by atoms with Crippen molar-refractivity contribution in [3.05, 3.63) is 24.2 Å². The molecule has 0 unspecified atom stereocenters. The molecule has 0 bridgehead atoms. The third-order valence-corrected chi connectivity index (χ3v) is 2.72. The van der Waals surface area contributed by atoms with E-state index >= 15 is 0 Å². The van der Waals surface area contributed by atoms with Crippen molar-refractivity contribution in [2.24, 2.45) is 5.73 Å². The van der Waals surface area contributed by atoms with Crippen LogP contribution in [0.15, 0.2) is 18.3 Å². The fourth-order valence-corrected chi connectivity index (χ4v) is 1.83. The molecule has 0 aliphatic heterocycles. The average Bonchev–Trinajstić information content (AvgIpc) is 2.71. The van der Waals surface area contributed by atoms with Crippen LogP contribution in [0.2, 0.25) is 0 Å². The van der Waals surface area contributed by atoms with E-state index in [4.69, 9.17) is 5.73 Å². The summed E-state index contributed by atoms with van der Waals surface area (Å²) in [6, 6.07) is 3.91. The van der Waals surface area contributed by atoms with Crippen molar-refractivity contribution in [3.8, 4) is 0 Å². The Bertz CT molecular complexity index is 432. The van der Waals surface area contributed by atoms with Crippen LogP contribution in [-0.2, 0) is 6.54 Å². The minimum absolute atomic E-state index is 0.766. The highest BCUT2D eigenvalue weighted by molar-refractivity contribution is 5.69. The first-order valence-corrected chi connectivity index (χ1v) is 5.98. The minimum Gasteiger partial charge on any atom is -0.340 e. The fourth-order valence-electron chi connectivity index (χ4n) is 1.83. The Kier molecular flexibility index (Phi) is 4.06. The Morgan fingerprint density at radius 3 is 3.06 bits per heavy atom. The maximum atomic E-state index is 5.47. The molecule has 0 spiro atoms. The number of fused-ring (bicyclic) bond motifs is 1. The molecule has 17 heavy (non-hydrogen) atoms. The minimum atomic E-state index is 0.766. The number of pyridine rings is 1. The third-order valence-electron chi connectivity index (χ3n) is 2.72. The lowest BCUT2D eigenvalue weighted by atomic mass is 10.3. The van der Waals surface area contributed by atoms with Crippen molar-refractivity contribution in [1.82, 2.24) is 19.9 Å². The number of nitrogens with zero attached hydrogens (tertiary/aromatic N) is 3. The number of unbranched alkanes of at least 4 members (excludes halogenated alkanes) is 1. The lowest BCUT2D eigenvalue weighted by molar-refractivity contribution is 0.313. The van der Waals surface area contributed by atoms with Gasteiger partial charge in [-0.05, 0) is 45.1 Å². The first-order chi connectivity index (χ1) is 8.29. The Balaban J connectivity index is 1.93. The van der Waals surface area contributed by atoms with Gasteiger partial charge in [0.15, 0.2) is 5.65 Å². The number of aromatic amines is 1. The van der Waals surface area contributed by atoms with E-state index in [0.717, 1.165) is 49.5 Å². The summed E-state index contributed by atoms with van der Waals surface area (Å²) >= 11 is 0. The van der Waals surface area contributed by atoms with Crippen LogP contribution in [0.25, 0.3) is 11.2 Å². The molecule has 0 aliphatic rings. The van der Waals surface area contributed by atoms with Crippen LogP contribution in [0.5, 0.6) is 0 Å². The van der Waals surface area contributed by atoms with Gasteiger partial charge in [0, 0.05) is 6.20 Å². The third kappa shape index (κ3) is 3.25. The molecule has 0 fully saturated rings. The molecule has 0 saturated heterocycles. The average molecular weight is 233 g/mol. The molecule has 2 aromatic heterocycles. The number of rotatable bonds is 6. The summed E-state index contributed by atoms with van der Waals surface area (Å²) < 4.78 is 0. The first-order valence-electron chi connectivity index (χ1n) is 5.98. The number of aromatic nitrogens is 3. The Hall–Kier alpha value is -1.46. The van der Waals surface area contributed by atoms with E-state index in [0.29, 0.717) is 0 Å². The molecule has 3 N–H and O–H groups in total. The molecule has 0 aromatic carbocycles. The molecule has 0 atom stereocenters. The van der Waals surface area contributed by atoms with Gasteiger partial charge < -0.3 is 10.7 Å². The van der Waals surface area contributed by atoms with Crippen molar-refractivity contribution in [2.45, 2.75) is 19.4 Å². The summed E-state index contributed by atoms with van der Waals surface area (Å²) in [6.07, 6.45) is 3.97. The Morgan fingerprint density at radius 1 is 1.41 bits per heavy atom. The summed E-state index contributed by atoms with van der Waals surface area (Å²) in [5.74, 6) is 0.967. The highest BCUT2D eigenvalue weighted by Crippen LogP contribution is 2.08. The maximum absolute atomic E-state index is 5.47. The summed E-state index contributed by atoms with van der Waals surface area (Å²) in [5.41, 5.74) is 7.26. The lowest BCUT2D eigenvalue weighted by Gasteiger charge is -2.14. The van der Waals surface area contributed by atoms with Gasteiger partial charge in [0.25, 0.3) is 0 Å². The number of H-pyrrole nitrogens is 1. The number of hydrogen-bond donors (Lipinski definition) is 2. The standard InChI is InChI=1S/C12H19N5/c1-17(8-3-2-6-13)9-11-15-10-5-4-7-14-12(10)16-11/h4-5,7H,2-3,6,8-9,13H2,1H3,(H,14,15,16). The zero-order valence-corrected chi connectivity index (χ0v) is 10.2. The fraction of sp³-hybridized carbons (Fsp3) is 0.500. The molecule has 5 nitrogen and oxygen atoms in total. The highest BCUT2D eigenvalue weighted by Gasteiger charge is 2.05. The van der Waals surface area contributed by atoms with E-state index in [2.05, 4.69) is 26.9 Å². The van der Waals surface area contributed by atoms with Crippen LogP contribution in [0, 0.1) is 0 Å². The molecule has 0 saturated carbocycles. The van der Waals surface area contributed by atoms with E-state index in [9.17, 15) is 0 Å². The van der Waals surface area contributed by atoms with Crippen LogP contribution >= 0.6 is 0 Å². The van der Waals surface area contributed by atoms with E-state index < -0.39 is 0 Å². The van der Waals surface area contributed by atoms with Gasteiger partial charge in [0.1, 0.15) is 5.82 Å². The monoisotopic (exact) mass is 233 g/mol. The van der Waals surface area contributed by atoms with Crippen molar-refractivity contribution >= 4 is 11.2 Å². The van der Waals surface area contributed by atoms with Crippen molar-refractivity contribution in [2.75, 3.05) is 20.1 Å². The molecule has 0 amide bonds. The summed E-state index contributed by atoms with van der Waals surface area (Å²) in [6.45, 7) is 2.63. The largest absolute Gasteiger partial charge is 0.340 e. The molecule has 0 aliphatic carbocycles. The van der Waals surface area contributed by atoms with E-state index in [1.807, 2.05) is 12.1 Å². The smallest absolute Gasteiger partial charge is 0.177 e. The maximum Gasteiger partial charge on any atom is 0.177 e. The van der Waals surface area contributed by atoms with Gasteiger partial charge in [0.2, 0.25) is 0 Å². The van der Waals surface area contributed by atoms with Crippen molar-refractivity contribution in [3.63, 3.8) is 0 Å². The first kappa shape index (κ1) is 12.0. The Labute approximate surface area is 101 Å². The molecule has 2 rings (SSSR count). The Morgan fingerprint density at radius 2 is 2.29 bits per heavy atom. The number of nitrogens with one attached hydrogen (secondary N) is 1. The summed E-state index contributed by atoms with van der Waals surface area (Å²) in [7, 11) is 2.09. The number of nitrogens with two attached hydrogens (primary N) is 1. The molecule has 5 heteroatoms. The van der Waals surface area contributed by atoms with Gasteiger partial charge in [-0.1, -0.05) is 0 Å². The quantitative estimate of drug-likeness (QED) is 0.734. The summed E-state index contributed by atoms with van der Waals surface area (Å²) in [4.78, 5) is 14.2. The van der Waals surface area contributed by atoms with E-state index in [1.54, 1.807) is 6.20 Å². The zero-order chi connectivity index (χ0) is 12.1. The molecule has 92 valence electrons. The van der Waals surface area contributed by atoms with Gasteiger partial charge >= 0.3 is 0 Å². The number of imidazole rings is 1. The predicted octanol–water partition coefficient (Wildman–Crippen LogP) is 1.13. The van der Waals surface area contributed by atoms with Gasteiger partial charge in [-0.3, -0.25) is 4.90 Å². The molecular formula is C12H19N5. The van der Waals surface area contributed by atoms with Crippen LogP contribution in [0.1, 0.15) is 18.7 Å². The normalized spacial score (nSPS) is 11.5. The molecule has 2 aromatic rings. The predicted molar refractivity (Wildman–Crippen MR) is 68.5 cm³/mol. The lowest BCUT2D eigenvalue weighted by Crippen LogP contribution is -2.20. The van der Waals surface area contributed by atoms with Crippen LogP contribution < -0.4 is 5.73 Å². The molecule has 0 radical (unpaired) electrons. The highest BCUT2D eigenvalue weighted by atomic mass is 15.1. The summed E-state index contributed by atoms with van der Waals surface area (Å²) in [5, 5.41) is 0. The second kappa shape index (κ2) is 5.75. The van der Waals surface area contributed by atoms with Gasteiger partial charge in [-0.2, -0.15) is 0 Å². The second-order valence-electron chi connectivity index (χ2n) is 4.29. The SMILES string of the molecule is CN(CCCCN)Cc1nc2ncccc2[nH]1. The second-order valence-corrected chi connectivity index (χ2v) is 4.29. The van der Waals surface area contributed by atoms with Crippen LogP contribution in [0.4, 0.5) is 0 Å². The van der Waals surface area contributed by atoms with Crippen molar-refractivity contribution < 1.29 is 0 Å². The topological polar surface area (TPSA) is 70.8 Å². The zero-order valence-electron chi connectivity index (χ0n) is 10.2. The molecular weight excluding hydrogens is 214 g/mol. The van der Waals surface area contributed by atoms with Crippen LogP contribution in [-0.4, -0.2) is 40.0 Å². The van der Waals surface area contributed by atoms with Gasteiger partial charge in [-0.15, -0.1) is 0 Å². The molecule has 2 heterocycles. The van der Waals surface area contributed by atoms with Gasteiger partial charge in [0.05, 0.1) is 12.1 Å². The van der Waals surface area contributed by atoms with Crippen molar-refractivity contribution in [1.29, 1.82) is 0 Å². The van der Waals surface area contributed by atoms with E-state index in [1.165, 1.54) is 0 Å².